The molecule has 0 saturated heterocycles. The highest BCUT2D eigenvalue weighted by Crippen LogP contribution is 2.34. The molecule has 3 rings (SSSR count). The van der Waals surface area contributed by atoms with Gasteiger partial charge in [0.25, 0.3) is 0 Å². The van der Waals surface area contributed by atoms with Gasteiger partial charge in [-0.05, 0) is 55.2 Å². The standard InChI is InChI=1S/C23H29N3O5S/c1-14(2)22(23(28)24-18-7-6-8-19(13-18)31-5)25-32(29,30)20-9-10-21-17(12-20)11-15(3)26(21)16(4)27/h6-10,12-15,22,25H,11H2,1-5H3,(H,24,28)/t15-,22+/m0/s1. The molecule has 172 valence electrons. The maximum Gasteiger partial charge on any atom is 0.242 e. The molecule has 0 aromatic heterocycles. The number of hydrogen-bond acceptors (Lipinski definition) is 5. The largest absolute Gasteiger partial charge is 0.497 e. The Bertz CT molecular complexity index is 1130. The minimum atomic E-state index is -3.97. The molecule has 0 radical (unpaired) electrons. The third-order valence-electron chi connectivity index (χ3n) is 5.48. The summed E-state index contributed by atoms with van der Waals surface area (Å²) in [5.74, 6) is -0.261. The number of rotatable bonds is 7. The Balaban J connectivity index is 1.82. The van der Waals surface area contributed by atoms with E-state index in [0.29, 0.717) is 17.9 Å². The molecule has 0 saturated carbocycles. The topological polar surface area (TPSA) is 105 Å². The molecule has 1 aliphatic heterocycles. The molecule has 0 bridgehead atoms. The first-order valence-corrected chi connectivity index (χ1v) is 11.9. The second-order valence-corrected chi connectivity index (χ2v) is 10.0. The summed E-state index contributed by atoms with van der Waals surface area (Å²) in [6.07, 6.45) is 0.572. The number of nitrogens with zero attached hydrogens (tertiary/aromatic N) is 1. The quantitative estimate of drug-likeness (QED) is 0.662. The second-order valence-electron chi connectivity index (χ2n) is 8.30. The molecule has 2 atom stereocenters. The molecule has 0 unspecified atom stereocenters. The van der Waals surface area contributed by atoms with Crippen molar-refractivity contribution in [3.05, 3.63) is 48.0 Å². The fourth-order valence-electron chi connectivity index (χ4n) is 3.90. The average Bonchev–Trinajstić information content (AvgIpc) is 3.07. The molecule has 1 aliphatic rings. The fraction of sp³-hybridized carbons (Fsp3) is 0.391. The number of sulfonamides is 1. The van der Waals surface area contributed by atoms with Crippen LogP contribution in [0.4, 0.5) is 11.4 Å². The van der Waals surface area contributed by atoms with E-state index in [9.17, 15) is 18.0 Å². The van der Waals surface area contributed by atoms with Gasteiger partial charge in [0, 0.05) is 30.4 Å². The van der Waals surface area contributed by atoms with Crippen molar-refractivity contribution in [2.24, 2.45) is 5.92 Å². The first kappa shape index (κ1) is 23.7. The van der Waals surface area contributed by atoms with Crippen molar-refractivity contribution in [2.45, 2.75) is 51.1 Å². The first-order valence-electron chi connectivity index (χ1n) is 10.4. The van der Waals surface area contributed by atoms with Crippen molar-refractivity contribution in [2.75, 3.05) is 17.3 Å². The average molecular weight is 460 g/mol. The van der Waals surface area contributed by atoms with Gasteiger partial charge in [-0.1, -0.05) is 19.9 Å². The molecule has 2 aromatic rings. The molecule has 0 spiro atoms. The van der Waals surface area contributed by atoms with Crippen LogP contribution >= 0.6 is 0 Å². The molecule has 0 aliphatic carbocycles. The van der Waals surface area contributed by atoms with Crippen LogP contribution in [0.3, 0.4) is 0 Å². The Morgan fingerprint density at radius 3 is 2.50 bits per heavy atom. The third-order valence-corrected chi connectivity index (χ3v) is 6.92. The molecular formula is C23H29N3O5S. The lowest BCUT2D eigenvalue weighted by atomic mass is 10.0. The Morgan fingerprint density at radius 2 is 1.88 bits per heavy atom. The minimum absolute atomic E-state index is 0.0366. The molecule has 2 amide bonds. The lowest BCUT2D eigenvalue weighted by Crippen LogP contribution is -2.47. The second kappa shape index (κ2) is 9.30. The zero-order valence-electron chi connectivity index (χ0n) is 18.9. The number of hydrogen-bond donors (Lipinski definition) is 2. The van der Waals surface area contributed by atoms with E-state index in [2.05, 4.69) is 10.0 Å². The zero-order valence-corrected chi connectivity index (χ0v) is 19.7. The molecule has 0 fully saturated rings. The Labute approximate surface area is 189 Å². The third kappa shape index (κ3) is 4.94. The maximum atomic E-state index is 13.1. The Hall–Kier alpha value is -2.91. The van der Waals surface area contributed by atoms with Crippen molar-refractivity contribution >= 4 is 33.2 Å². The molecule has 1 heterocycles. The van der Waals surface area contributed by atoms with Crippen LogP contribution < -0.4 is 19.7 Å². The normalized spacial score (nSPS) is 16.6. The molecule has 32 heavy (non-hydrogen) atoms. The van der Waals surface area contributed by atoms with Crippen LogP contribution in [0.1, 0.15) is 33.3 Å². The number of fused-ring (bicyclic) bond motifs is 1. The van der Waals surface area contributed by atoms with E-state index in [0.717, 1.165) is 11.3 Å². The van der Waals surface area contributed by atoms with Gasteiger partial charge < -0.3 is 15.0 Å². The number of carbonyl (C=O) groups is 2. The highest BCUT2D eigenvalue weighted by molar-refractivity contribution is 7.89. The van der Waals surface area contributed by atoms with Gasteiger partial charge >= 0.3 is 0 Å². The van der Waals surface area contributed by atoms with Crippen molar-refractivity contribution in [1.29, 1.82) is 0 Å². The lowest BCUT2D eigenvalue weighted by Gasteiger charge is -2.22. The number of anilines is 2. The monoisotopic (exact) mass is 459 g/mol. The number of nitrogens with one attached hydrogen (secondary N) is 2. The summed E-state index contributed by atoms with van der Waals surface area (Å²) in [5.41, 5.74) is 2.02. The lowest BCUT2D eigenvalue weighted by molar-refractivity contribution is -0.118. The highest BCUT2D eigenvalue weighted by atomic mass is 32.2. The van der Waals surface area contributed by atoms with Crippen LogP contribution in [0.5, 0.6) is 5.75 Å². The summed E-state index contributed by atoms with van der Waals surface area (Å²) in [5, 5.41) is 2.75. The summed E-state index contributed by atoms with van der Waals surface area (Å²) >= 11 is 0. The number of benzene rings is 2. The van der Waals surface area contributed by atoms with Gasteiger partial charge in [0.2, 0.25) is 21.8 Å². The van der Waals surface area contributed by atoms with E-state index in [1.54, 1.807) is 55.1 Å². The fourth-order valence-corrected chi connectivity index (χ4v) is 5.30. The number of ether oxygens (including phenoxy) is 1. The van der Waals surface area contributed by atoms with Gasteiger partial charge in [0.1, 0.15) is 11.8 Å². The summed E-state index contributed by atoms with van der Waals surface area (Å²) in [6, 6.07) is 10.5. The summed E-state index contributed by atoms with van der Waals surface area (Å²) in [4.78, 5) is 26.5. The Morgan fingerprint density at radius 1 is 1.16 bits per heavy atom. The maximum absolute atomic E-state index is 13.1. The van der Waals surface area contributed by atoms with Crippen molar-refractivity contribution in [3.63, 3.8) is 0 Å². The van der Waals surface area contributed by atoms with Crippen LogP contribution in [-0.4, -0.2) is 39.4 Å². The minimum Gasteiger partial charge on any atom is -0.497 e. The number of carbonyl (C=O) groups excluding carboxylic acids is 2. The van der Waals surface area contributed by atoms with E-state index in [-0.39, 0.29) is 22.8 Å². The molecule has 2 N–H and O–H groups in total. The van der Waals surface area contributed by atoms with Crippen LogP contribution in [-0.2, 0) is 26.0 Å². The van der Waals surface area contributed by atoms with Gasteiger partial charge in [0.15, 0.2) is 0 Å². The van der Waals surface area contributed by atoms with Gasteiger partial charge in [-0.2, -0.15) is 4.72 Å². The summed E-state index contributed by atoms with van der Waals surface area (Å²) in [6.45, 7) is 6.96. The van der Waals surface area contributed by atoms with Crippen molar-refractivity contribution < 1.29 is 22.7 Å². The zero-order chi connectivity index (χ0) is 23.6. The SMILES string of the molecule is COc1cccc(NC(=O)[C@H](NS(=O)(=O)c2ccc3c(c2)C[C@H](C)N3C(C)=O)C(C)C)c1. The van der Waals surface area contributed by atoms with E-state index < -0.39 is 22.0 Å². The summed E-state index contributed by atoms with van der Waals surface area (Å²) < 4.78 is 33.9. The van der Waals surface area contributed by atoms with Crippen LogP contribution in [0.15, 0.2) is 47.4 Å². The molecule has 2 aromatic carbocycles. The predicted octanol–water partition coefficient (Wildman–Crippen LogP) is 2.93. The van der Waals surface area contributed by atoms with Gasteiger partial charge in [-0.15, -0.1) is 0 Å². The van der Waals surface area contributed by atoms with E-state index in [1.165, 1.54) is 20.1 Å². The van der Waals surface area contributed by atoms with Crippen LogP contribution in [0, 0.1) is 5.92 Å². The highest BCUT2D eigenvalue weighted by Gasteiger charge is 2.32. The summed E-state index contributed by atoms with van der Waals surface area (Å²) in [7, 11) is -2.44. The molecular weight excluding hydrogens is 430 g/mol. The van der Waals surface area contributed by atoms with E-state index in [4.69, 9.17) is 4.74 Å². The molecule has 9 heteroatoms. The number of methoxy groups -OCH3 is 1. The Kier molecular flexibility index (Phi) is 6.90. The van der Waals surface area contributed by atoms with E-state index >= 15 is 0 Å². The smallest absolute Gasteiger partial charge is 0.242 e. The van der Waals surface area contributed by atoms with E-state index in [1.807, 2.05) is 6.92 Å². The first-order chi connectivity index (χ1) is 15.0. The van der Waals surface area contributed by atoms with Gasteiger partial charge in [0.05, 0.1) is 12.0 Å². The van der Waals surface area contributed by atoms with Crippen LogP contribution in [0.25, 0.3) is 0 Å². The van der Waals surface area contributed by atoms with Crippen molar-refractivity contribution in [1.82, 2.24) is 4.72 Å². The van der Waals surface area contributed by atoms with Crippen LogP contribution in [0.2, 0.25) is 0 Å². The number of amides is 2. The molecule has 8 nitrogen and oxygen atoms in total. The van der Waals surface area contributed by atoms with Gasteiger partial charge in [-0.3, -0.25) is 9.59 Å². The van der Waals surface area contributed by atoms with Gasteiger partial charge in [-0.25, -0.2) is 8.42 Å². The van der Waals surface area contributed by atoms with Crippen molar-refractivity contribution in [3.8, 4) is 5.75 Å². The predicted molar refractivity (Wildman–Crippen MR) is 123 cm³/mol.